The minimum atomic E-state index is -4.42. The lowest BCUT2D eigenvalue weighted by Crippen LogP contribution is -2.27. The summed E-state index contributed by atoms with van der Waals surface area (Å²) in [6.07, 6.45) is -3.40. The highest BCUT2D eigenvalue weighted by Crippen LogP contribution is 2.29. The van der Waals surface area contributed by atoms with Crippen molar-refractivity contribution in [3.8, 4) is 0 Å². The fourth-order valence-corrected chi connectivity index (χ4v) is 2.10. The van der Waals surface area contributed by atoms with Crippen molar-refractivity contribution >= 4 is 11.9 Å². The van der Waals surface area contributed by atoms with Gasteiger partial charge in [-0.3, -0.25) is 4.79 Å². The molecule has 7 nitrogen and oxygen atoms in total. The maximum Gasteiger partial charge on any atom is 0.416 e. The molecule has 0 aliphatic heterocycles. The molecule has 0 fully saturated rings. The first-order valence-electron chi connectivity index (χ1n) is 7.32. The maximum absolute atomic E-state index is 12.6. The number of benzene rings is 1. The molecule has 1 aromatic carbocycles. The average molecular weight is 372 g/mol. The van der Waals surface area contributed by atoms with E-state index in [-0.39, 0.29) is 24.6 Å². The zero-order chi connectivity index (χ0) is 19.3. The molecule has 0 radical (unpaired) electrons. The largest absolute Gasteiger partial charge is 0.480 e. The third-order valence-corrected chi connectivity index (χ3v) is 3.35. The Morgan fingerprint density at radius 1 is 1.27 bits per heavy atom. The van der Waals surface area contributed by atoms with Crippen LogP contribution in [0.2, 0.25) is 0 Å². The fourth-order valence-electron chi connectivity index (χ4n) is 2.10. The molecule has 0 saturated heterocycles. The van der Waals surface area contributed by atoms with E-state index >= 15 is 0 Å². The van der Waals surface area contributed by atoms with Gasteiger partial charge in [-0.05, 0) is 17.7 Å². The molecule has 0 saturated carbocycles. The van der Waals surface area contributed by atoms with Crippen LogP contribution in [0.1, 0.15) is 27.4 Å². The van der Waals surface area contributed by atoms with Gasteiger partial charge in [0.2, 0.25) is 0 Å². The quantitative estimate of drug-likeness (QED) is 0.803. The third-order valence-electron chi connectivity index (χ3n) is 3.35. The lowest BCUT2D eigenvalue weighted by atomic mass is 10.1. The summed E-state index contributed by atoms with van der Waals surface area (Å²) < 4.78 is 47.6. The average Bonchev–Trinajstić information content (AvgIpc) is 3.01. The molecule has 0 aliphatic carbocycles. The van der Waals surface area contributed by atoms with Crippen molar-refractivity contribution in [1.82, 2.24) is 9.88 Å². The van der Waals surface area contributed by atoms with Crippen LogP contribution in [-0.4, -0.2) is 40.5 Å². The number of aliphatic carboxylic acids is 1. The Balaban J connectivity index is 2.01. The lowest BCUT2D eigenvalue weighted by molar-refractivity contribution is -0.142. The second-order valence-corrected chi connectivity index (χ2v) is 5.37. The Morgan fingerprint density at radius 2 is 1.92 bits per heavy atom. The van der Waals surface area contributed by atoms with Gasteiger partial charge in [-0.25, -0.2) is 9.78 Å². The van der Waals surface area contributed by atoms with Gasteiger partial charge in [0, 0.05) is 13.6 Å². The van der Waals surface area contributed by atoms with E-state index in [0.717, 1.165) is 18.5 Å². The number of hydrogen-bond acceptors (Lipinski definition) is 5. The normalized spacial score (nSPS) is 11.4. The molecule has 0 bridgehead atoms. The van der Waals surface area contributed by atoms with E-state index in [0.29, 0.717) is 5.56 Å². The molecule has 0 aliphatic rings. The van der Waals surface area contributed by atoms with Gasteiger partial charge >= 0.3 is 12.1 Å². The van der Waals surface area contributed by atoms with Gasteiger partial charge in [-0.1, -0.05) is 12.1 Å². The van der Waals surface area contributed by atoms with Crippen molar-refractivity contribution in [2.24, 2.45) is 0 Å². The Bertz CT molecular complexity index is 771. The first-order chi connectivity index (χ1) is 12.2. The number of alkyl halides is 3. The van der Waals surface area contributed by atoms with Gasteiger partial charge in [0.15, 0.2) is 17.8 Å². The number of rotatable bonds is 7. The fraction of sp³-hybridized carbons (Fsp3) is 0.312. The van der Waals surface area contributed by atoms with E-state index < -0.39 is 30.2 Å². The highest BCUT2D eigenvalue weighted by molar-refractivity contribution is 5.92. The number of amides is 1. The Labute approximate surface area is 146 Å². The highest BCUT2D eigenvalue weighted by Gasteiger charge is 2.30. The van der Waals surface area contributed by atoms with Crippen molar-refractivity contribution in [1.29, 1.82) is 0 Å². The van der Waals surface area contributed by atoms with E-state index in [1.807, 2.05) is 0 Å². The van der Waals surface area contributed by atoms with Crippen LogP contribution in [0.3, 0.4) is 0 Å². The minimum absolute atomic E-state index is 0.0511. The smallest absolute Gasteiger partial charge is 0.416 e. The first kappa shape index (κ1) is 19.4. The number of carbonyl (C=O) groups excluding carboxylic acids is 1. The van der Waals surface area contributed by atoms with Crippen LogP contribution in [0.15, 0.2) is 35.1 Å². The number of aromatic nitrogens is 1. The first-order valence-corrected chi connectivity index (χ1v) is 7.32. The number of carboxylic acids is 1. The molecule has 2 aromatic rings. The molecule has 0 spiro atoms. The van der Waals surface area contributed by atoms with Crippen LogP contribution in [0, 0.1) is 0 Å². The molecule has 140 valence electrons. The van der Waals surface area contributed by atoms with E-state index in [9.17, 15) is 22.8 Å². The van der Waals surface area contributed by atoms with Crippen molar-refractivity contribution in [3.05, 3.63) is 53.2 Å². The van der Waals surface area contributed by atoms with Gasteiger partial charge in [-0.15, -0.1) is 0 Å². The molecule has 1 aromatic heterocycles. The number of nitrogens with zero attached hydrogens (tertiary/aromatic N) is 2. The Morgan fingerprint density at radius 3 is 2.50 bits per heavy atom. The number of carbonyl (C=O) groups is 2. The van der Waals surface area contributed by atoms with Crippen LogP contribution in [0.4, 0.5) is 13.2 Å². The van der Waals surface area contributed by atoms with Gasteiger partial charge < -0.3 is 19.2 Å². The summed E-state index contributed by atoms with van der Waals surface area (Å²) in [6, 6.07) is 4.45. The predicted molar refractivity (Wildman–Crippen MR) is 81.0 cm³/mol. The van der Waals surface area contributed by atoms with Crippen molar-refractivity contribution in [2.75, 3.05) is 13.7 Å². The molecular formula is C16H15F3N2O5. The molecule has 10 heteroatoms. The van der Waals surface area contributed by atoms with Crippen molar-refractivity contribution in [3.63, 3.8) is 0 Å². The summed E-state index contributed by atoms with van der Waals surface area (Å²) in [4.78, 5) is 27.9. The molecule has 26 heavy (non-hydrogen) atoms. The van der Waals surface area contributed by atoms with E-state index in [1.165, 1.54) is 24.1 Å². The third kappa shape index (κ3) is 5.06. The van der Waals surface area contributed by atoms with Crippen LogP contribution in [0.25, 0.3) is 0 Å². The van der Waals surface area contributed by atoms with Gasteiger partial charge in [0.25, 0.3) is 5.91 Å². The van der Waals surface area contributed by atoms with Gasteiger partial charge in [0.05, 0.1) is 5.56 Å². The molecule has 2 rings (SSSR count). The Hall–Kier alpha value is -2.88. The molecular weight excluding hydrogens is 357 g/mol. The summed E-state index contributed by atoms with van der Waals surface area (Å²) in [5.74, 6) is -1.64. The lowest BCUT2D eigenvalue weighted by Gasteiger charge is -2.17. The monoisotopic (exact) mass is 372 g/mol. The topological polar surface area (TPSA) is 92.9 Å². The summed E-state index contributed by atoms with van der Waals surface area (Å²) in [5, 5.41) is 8.53. The number of halogens is 3. The summed E-state index contributed by atoms with van der Waals surface area (Å²) in [6.45, 7) is -0.754. The molecule has 1 heterocycles. The number of hydrogen-bond donors (Lipinski definition) is 1. The van der Waals surface area contributed by atoms with Crippen LogP contribution in [-0.2, 0) is 28.9 Å². The summed E-state index contributed by atoms with van der Waals surface area (Å²) in [5.41, 5.74) is -0.324. The highest BCUT2D eigenvalue weighted by atomic mass is 19.4. The zero-order valence-electron chi connectivity index (χ0n) is 13.6. The van der Waals surface area contributed by atoms with E-state index in [2.05, 4.69) is 4.98 Å². The number of ether oxygens (including phenoxy) is 1. The van der Waals surface area contributed by atoms with Crippen molar-refractivity contribution in [2.45, 2.75) is 19.3 Å². The SMILES string of the molecule is CN(Cc1ccc(C(F)(F)F)cc1)C(=O)c1ncoc1COCC(=O)O. The number of carboxylic acid groups (broad SMARTS) is 1. The van der Waals surface area contributed by atoms with Crippen molar-refractivity contribution < 1.29 is 37.0 Å². The second kappa shape index (κ2) is 8.00. The minimum Gasteiger partial charge on any atom is -0.480 e. The molecule has 0 unspecified atom stereocenters. The van der Waals surface area contributed by atoms with Crippen LogP contribution < -0.4 is 0 Å². The predicted octanol–water partition coefficient (Wildman–Crippen LogP) is 2.57. The standard InChI is InChI=1S/C16H15F3N2O5/c1-21(6-10-2-4-11(5-3-10)16(17,18)19)15(24)14-12(26-9-20-14)7-25-8-13(22)23/h2-5,9H,6-8H2,1H3,(H,22,23). The van der Waals surface area contributed by atoms with E-state index in [1.54, 1.807) is 0 Å². The maximum atomic E-state index is 12.6. The molecule has 1 amide bonds. The summed E-state index contributed by atoms with van der Waals surface area (Å²) in [7, 11) is 1.45. The Kier molecular flexibility index (Phi) is 5.98. The number of oxazole rings is 1. The zero-order valence-corrected chi connectivity index (χ0v) is 13.6. The second-order valence-electron chi connectivity index (χ2n) is 5.37. The van der Waals surface area contributed by atoms with Gasteiger partial charge in [-0.2, -0.15) is 13.2 Å². The molecule has 0 atom stereocenters. The van der Waals surface area contributed by atoms with Crippen LogP contribution in [0.5, 0.6) is 0 Å². The summed E-state index contributed by atoms with van der Waals surface area (Å²) >= 11 is 0. The molecule has 1 N–H and O–H groups in total. The van der Waals surface area contributed by atoms with Crippen LogP contribution >= 0.6 is 0 Å². The van der Waals surface area contributed by atoms with E-state index in [4.69, 9.17) is 14.3 Å². The van der Waals surface area contributed by atoms with Gasteiger partial charge in [0.1, 0.15) is 13.2 Å².